The van der Waals surface area contributed by atoms with Gasteiger partial charge in [0.2, 0.25) is 0 Å². The van der Waals surface area contributed by atoms with Gasteiger partial charge in [-0.1, -0.05) is 36.4 Å². The molecule has 1 N–H and O–H groups in total. The normalized spacial score (nSPS) is 10.8. The van der Waals surface area contributed by atoms with Gasteiger partial charge >= 0.3 is 0 Å². The summed E-state index contributed by atoms with van der Waals surface area (Å²) in [6, 6.07) is 18.7. The van der Waals surface area contributed by atoms with Gasteiger partial charge in [0.15, 0.2) is 0 Å². The number of aryl methyl sites for hydroxylation is 2. The molecule has 0 aliphatic carbocycles. The van der Waals surface area contributed by atoms with Crippen molar-refractivity contribution in [1.29, 1.82) is 5.26 Å². The Morgan fingerprint density at radius 2 is 1.81 bits per heavy atom. The van der Waals surface area contributed by atoms with Crippen molar-refractivity contribution in [2.24, 2.45) is 0 Å². The predicted octanol–water partition coefficient (Wildman–Crippen LogP) is 3.85. The van der Waals surface area contributed by atoms with Crippen LogP contribution in [0.4, 0.5) is 0 Å². The van der Waals surface area contributed by atoms with Crippen LogP contribution >= 0.6 is 0 Å². The quantitative estimate of drug-likeness (QED) is 0.602. The Hall–Kier alpha value is -3.65. The third-order valence-electron chi connectivity index (χ3n) is 4.58. The first kappa shape index (κ1) is 15.9. The van der Waals surface area contributed by atoms with Crippen molar-refractivity contribution in [2.75, 3.05) is 0 Å². The van der Waals surface area contributed by atoms with E-state index in [0.717, 1.165) is 27.9 Å². The molecule has 5 nitrogen and oxygen atoms in total. The number of aromatic nitrogens is 3. The van der Waals surface area contributed by atoms with Crippen LogP contribution in [0.25, 0.3) is 28.2 Å². The van der Waals surface area contributed by atoms with E-state index in [1.807, 2.05) is 50.2 Å². The summed E-state index contributed by atoms with van der Waals surface area (Å²) in [7, 11) is 0. The lowest BCUT2D eigenvalue weighted by molar-refractivity contribution is 0.904. The van der Waals surface area contributed by atoms with E-state index in [0.29, 0.717) is 16.9 Å². The topological polar surface area (TPSA) is 74.0 Å². The summed E-state index contributed by atoms with van der Waals surface area (Å²) in [5.74, 6) is 0. The lowest BCUT2D eigenvalue weighted by atomic mass is 10.0. The minimum atomic E-state index is -0.193. The molecule has 0 bridgehead atoms. The van der Waals surface area contributed by atoms with E-state index in [1.54, 1.807) is 12.1 Å². The molecular weight excluding hydrogens is 324 g/mol. The second-order valence-electron chi connectivity index (χ2n) is 6.26. The van der Waals surface area contributed by atoms with Gasteiger partial charge in [-0.2, -0.15) is 14.9 Å². The average molecular weight is 340 g/mol. The summed E-state index contributed by atoms with van der Waals surface area (Å²) in [5.41, 5.74) is 6.46. The maximum absolute atomic E-state index is 12.6. The Labute approximate surface area is 150 Å². The third kappa shape index (κ3) is 2.49. The highest BCUT2D eigenvalue weighted by molar-refractivity contribution is 5.74. The second kappa shape index (κ2) is 6.01. The summed E-state index contributed by atoms with van der Waals surface area (Å²) in [6.45, 7) is 3.99. The van der Waals surface area contributed by atoms with E-state index in [1.165, 1.54) is 10.6 Å². The fraction of sp³-hybridized carbons (Fsp3) is 0.0952. The zero-order valence-corrected chi connectivity index (χ0v) is 14.4. The van der Waals surface area contributed by atoms with Gasteiger partial charge in [0.05, 0.1) is 23.0 Å². The number of nitriles is 1. The van der Waals surface area contributed by atoms with Crippen LogP contribution in [0.1, 0.15) is 16.7 Å². The van der Waals surface area contributed by atoms with Gasteiger partial charge < -0.3 is 4.98 Å². The molecule has 0 amide bonds. The van der Waals surface area contributed by atoms with Crippen molar-refractivity contribution in [3.05, 3.63) is 81.6 Å². The van der Waals surface area contributed by atoms with Gasteiger partial charge in [-0.25, -0.2) is 0 Å². The number of hydrogen-bond donors (Lipinski definition) is 1. The first-order chi connectivity index (χ1) is 12.6. The number of rotatable bonds is 2. The van der Waals surface area contributed by atoms with Crippen LogP contribution in [0.5, 0.6) is 0 Å². The molecule has 0 aliphatic heterocycles. The monoisotopic (exact) mass is 340 g/mol. The summed E-state index contributed by atoms with van der Waals surface area (Å²) < 4.78 is 1.41. The van der Waals surface area contributed by atoms with E-state index >= 15 is 0 Å². The van der Waals surface area contributed by atoms with Gasteiger partial charge in [0, 0.05) is 17.2 Å². The number of nitrogens with zero attached hydrogens (tertiary/aromatic N) is 3. The fourth-order valence-electron chi connectivity index (χ4n) is 3.12. The number of nitrogens with one attached hydrogen (secondary N) is 1. The lowest BCUT2D eigenvalue weighted by Gasteiger charge is -2.04. The van der Waals surface area contributed by atoms with Crippen LogP contribution in [0.2, 0.25) is 0 Å². The van der Waals surface area contributed by atoms with E-state index in [9.17, 15) is 4.79 Å². The van der Waals surface area contributed by atoms with Gasteiger partial charge in [0.1, 0.15) is 5.65 Å². The molecule has 0 fully saturated rings. The minimum absolute atomic E-state index is 0.193. The molecule has 5 heteroatoms. The minimum Gasteiger partial charge on any atom is -0.339 e. The molecule has 2 aromatic heterocycles. The SMILES string of the molecule is Cc1ccccc1-c1nn2c(=O)cc(-c3ccc(C#N)cc3)[nH]c2c1C. The number of benzene rings is 2. The Morgan fingerprint density at radius 3 is 2.50 bits per heavy atom. The highest BCUT2D eigenvalue weighted by Gasteiger charge is 2.15. The van der Waals surface area contributed by atoms with Crippen molar-refractivity contribution >= 4 is 5.65 Å². The van der Waals surface area contributed by atoms with Crippen LogP contribution in [0.15, 0.2) is 59.4 Å². The summed E-state index contributed by atoms with van der Waals surface area (Å²) in [5, 5.41) is 13.5. The summed E-state index contributed by atoms with van der Waals surface area (Å²) in [4.78, 5) is 15.9. The Kier molecular flexibility index (Phi) is 3.67. The van der Waals surface area contributed by atoms with Crippen LogP contribution in [-0.4, -0.2) is 14.6 Å². The smallest absolute Gasteiger partial charge is 0.274 e. The molecule has 0 aliphatic rings. The van der Waals surface area contributed by atoms with Crippen LogP contribution in [0, 0.1) is 25.2 Å². The molecule has 0 saturated carbocycles. The van der Waals surface area contributed by atoms with Crippen LogP contribution in [-0.2, 0) is 0 Å². The molecule has 4 rings (SSSR count). The number of fused-ring (bicyclic) bond motifs is 1. The first-order valence-corrected chi connectivity index (χ1v) is 8.27. The molecule has 26 heavy (non-hydrogen) atoms. The highest BCUT2D eigenvalue weighted by atomic mass is 16.1. The van der Waals surface area contributed by atoms with Crippen LogP contribution in [0.3, 0.4) is 0 Å². The van der Waals surface area contributed by atoms with Crippen molar-refractivity contribution in [1.82, 2.24) is 14.6 Å². The standard InChI is InChI=1S/C21H16N4O/c1-13-5-3-4-6-17(13)20-14(2)21-23-18(11-19(26)25(21)24-20)16-9-7-15(12-22)8-10-16/h3-11,23H,1-2H3. The van der Waals surface area contributed by atoms with E-state index in [4.69, 9.17) is 5.26 Å². The zero-order chi connectivity index (χ0) is 18.3. The van der Waals surface area contributed by atoms with Gasteiger partial charge in [0.25, 0.3) is 5.56 Å². The third-order valence-corrected chi connectivity index (χ3v) is 4.58. The van der Waals surface area contributed by atoms with Crippen molar-refractivity contribution in [3.8, 4) is 28.6 Å². The van der Waals surface area contributed by atoms with Crippen molar-refractivity contribution in [2.45, 2.75) is 13.8 Å². The van der Waals surface area contributed by atoms with Gasteiger partial charge in [-0.05, 0) is 37.1 Å². The van der Waals surface area contributed by atoms with Gasteiger partial charge in [-0.15, -0.1) is 0 Å². The summed E-state index contributed by atoms with van der Waals surface area (Å²) >= 11 is 0. The average Bonchev–Trinajstić information content (AvgIpc) is 2.99. The molecule has 0 unspecified atom stereocenters. The Bertz CT molecular complexity index is 1220. The second-order valence-corrected chi connectivity index (χ2v) is 6.26. The maximum Gasteiger partial charge on any atom is 0.274 e. The number of aromatic amines is 1. The van der Waals surface area contributed by atoms with Gasteiger partial charge in [-0.3, -0.25) is 4.79 Å². The van der Waals surface area contributed by atoms with E-state index in [2.05, 4.69) is 16.2 Å². The predicted molar refractivity (Wildman–Crippen MR) is 101 cm³/mol. The molecule has 4 aromatic rings. The largest absolute Gasteiger partial charge is 0.339 e. The summed E-state index contributed by atoms with van der Waals surface area (Å²) in [6.07, 6.45) is 0. The Morgan fingerprint density at radius 1 is 1.08 bits per heavy atom. The van der Waals surface area contributed by atoms with E-state index < -0.39 is 0 Å². The maximum atomic E-state index is 12.6. The number of hydrogen-bond acceptors (Lipinski definition) is 3. The molecular formula is C21H16N4O. The molecule has 0 atom stereocenters. The zero-order valence-electron chi connectivity index (χ0n) is 14.4. The van der Waals surface area contributed by atoms with Crippen LogP contribution < -0.4 is 5.56 Å². The molecule has 0 saturated heterocycles. The first-order valence-electron chi connectivity index (χ1n) is 8.27. The van der Waals surface area contributed by atoms with Crippen molar-refractivity contribution < 1.29 is 0 Å². The molecule has 0 spiro atoms. The molecule has 2 heterocycles. The van der Waals surface area contributed by atoms with E-state index in [-0.39, 0.29) is 5.56 Å². The molecule has 0 radical (unpaired) electrons. The number of H-pyrrole nitrogens is 1. The fourth-order valence-corrected chi connectivity index (χ4v) is 3.12. The van der Waals surface area contributed by atoms with Crippen molar-refractivity contribution in [3.63, 3.8) is 0 Å². The Balaban J connectivity index is 1.92. The molecule has 2 aromatic carbocycles. The lowest BCUT2D eigenvalue weighted by Crippen LogP contribution is -2.14. The molecule has 126 valence electrons. The highest BCUT2D eigenvalue weighted by Crippen LogP contribution is 2.27.